The molecule has 252 valence electrons. The quantitative estimate of drug-likeness (QED) is 0.0549. The lowest BCUT2D eigenvalue weighted by atomic mass is 9.88. The Balaban J connectivity index is 1.37. The van der Waals surface area contributed by atoms with Gasteiger partial charge in [-0.15, -0.1) is 0 Å². The van der Waals surface area contributed by atoms with E-state index in [1.807, 2.05) is 42.5 Å². The van der Waals surface area contributed by atoms with E-state index in [9.17, 15) is 10.1 Å². The van der Waals surface area contributed by atoms with Gasteiger partial charge in [-0.25, -0.2) is 0 Å². The van der Waals surface area contributed by atoms with Gasteiger partial charge in [0, 0.05) is 19.6 Å². The van der Waals surface area contributed by atoms with Crippen molar-refractivity contribution in [2.45, 2.75) is 32.8 Å². The third kappa shape index (κ3) is 8.53. The average Bonchev–Trinajstić information content (AvgIpc) is 3.13. The van der Waals surface area contributed by atoms with Gasteiger partial charge in [0.05, 0.1) is 50.6 Å². The Morgan fingerprint density at radius 1 is 0.854 bits per heavy atom. The topological polar surface area (TPSA) is 92.5 Å². The highest BCUT2D eigenvalue weighted by molar-refractivity contribution is 5.98. The molecule has 0 amide bonds. The number of hydrogen-bond acceptors (Lipinski definition) is 8. The lowest BCUT2D eigenvalue weighted by molar-refractivity contribution is -0.386. The Kier molecular flexibility index (Phi) is 12.1. The van der Waals surface area contributed by atoms with Crippen LogP contribution in [0.2, 0.25) is 0 Å². The molecular weight excluding hydrogens is 608 g/mol. The van der Waals surface area contributed by atoms with Gasteiger partial charge in [-0.2, -0.15) is 0 Å². The zero-order valence-electron chi connectivity index (χ0n) is 28.1. The van der Waals surface area contributed by atoms with Crippen LogP contribution in [0.4, 0.5) is 5.69 Å². The Hall–Kier alpha value is -4.86. The van der Waals surface area contributed by atoms with E-state index in [1.165, 1.54) is 25.9 Å². The number of allylic oxidation sites excluding steroid dienone is 1. The van der Waals surface area contributed by atoms with Gasteiger partial charge in [-0.05, 0) is 77.9 Å². The van der Waals surface area contributed by atoms with Crippen LogP contribution in [0.5, 0.6) is 23.0 Å². The average molecular weight is 653 g/mol. The fraction of sp³-hybridized carbons (Fsp3) is 0.333. The number of ether oxygens (including phenoxy) is 5. The molecule has 4 aromatic carbocycles. The smallest absolute Gasteiger partial charge is 0.280 e. The molecule has 0 aliphatic carbocycles. The molecule has 1 unspecified atom stereocenters. The van der Waals surface area contributed by atoms with E-state index >= 15 is 0 Å². The van der Waals surface area contributed by atoms with E-state index in [0.717, 1.165) is 73.7 Å². The van der Waals surface area contributed by atoms with Crippen LogP contribution in [0.3, 0.4) is 0 Å². The molecule has 1 saturated heterocycles. The van der Waals surface area contributed by atoms with Crippen LogP contribution >= 0.6 is 0 Å². The fourth-order valence-electron chi connectivity index (χ4n) is 6.04. The zero-order chi connectivity index (χ0) is 33.9. The zero-order valence-corrected chi connectivity index (χ0v) is 28.1. The first kappa shape index (κ1) is 34.5. The summed E-state index contributed by atoms with van der Waals surface area (Å²) in [5.74, 6) is 2.13. The molecule has 0 aromatic heterocycles. The first-order chi connectivity index (χ1) is 23.4. The van der Waals surface area contributed by atoms with E-state index in [4.69, 9.17) is 23.7 Å². The third-order valence-electron chi connectivity index (χ3n) is 8.54. The van der Waals surface area contributed by atoms with Gasteiger partial charge in [-0.1, -0.05) is 61.5 Å². The predicted molar refractivity (Wildman–Crippen MR) is 188 cm³/mol. The maximum absolute atomic E-state index is 11.9. The molecule has 0 spiro atoms. The van der Waals surface area contributed by atoms with E-state index in [-0.39, 0.29) is 11.4 Å². The van der Waals surface area contributed by atoms with Gasteiger partial charge in [0.1, 0.15) is 17.6 Å². The van der Waals surface area contributed by atoms with Gasteiger partial charge < -0.3 is 23.7 Å². The summed E-state index contributed by atoms with van der Waals surface area (Å²) in [7, 11) is 2.95. The summed E-state index contributed by atoms with van der Waals surface area (Å²) < 4.78 is 28.5. The fourth-order valence-corrected chi connectivity index (χ4v) is 6.04. The molecule has 1 atom stereocenters. The molecule has 9 heteroatoms. The van der Waals surface area contributed by atoms with Crippen molar-refractivity contribution in [3.05, 3.63) is 123 Å². The number of rotatable bonds is 15. The summed E-state index contributed by atoms with van der Waals surface area (Å²) in [6.07, 6.45) is 1.17. The van der Waals surface area contributed by atoms with E-state index in [0.29, 0.717) is 23.7 Å². The van der Waals surface area contributed by atoms with Crippen LogP contribution in [-0.4, -0.2) is 63.5 Å². The first-order valence-corrected chi connectivity index (χ1v) is 16.4. The van der Waals surface area contributed by atoms with Crippen molar-refractivity contribution in [1.82, 2.24) is 4.90 Å². The molecule has 1 heterocycles. The molecule has 1 aliphatic rings. The minimum Gasteiger partial charge on any atom is -0.494 e. The SMILES string of the molecule is CC/C(=C(/c1ccc(OCCCN2CCOCC2)cc1)c1ccc(OC(C)c2cc(OC)c(OC)cc2[N+](=O)[O-])cc1)c1ccccc1. The van der Waals surface area contributed by atoms with Crippen LogP contribution in [0.15, 0.2) is 91.0 Å². The van der Waals surface area contributed by atoms with Gasteiger partial charge in [0.2, 0.25) is 0 Å². The number of nitro benzene ring substituents is 1. The van der Waals surface area contributed by atoms with Gasteiger partial charge in [0.25, 0.3) is 5.69 Å². The molecule has 1 fully saturated rings. The monoisotopic (exact) mass is 652 g/mol. The second-order valence-electron chi connectivity index (χ2n) is 11.6. The highest BCUT2D eigenvalue weighted by Gasteiger charge is 2.25. The molecule has 5 rings (SSSR count). The third-order valence-corrected chi connectivity index (χ3v) is 8.54. The minimum absolute atomic E-state index is 0.0954. The molecule has 4 aromatic rings. The van der Waals surface area contributed by atoms with Crippen LogP contribution in [0.1, 0.15) is 55.0 Å². The number of benzene rings is 4. The Morgan fingerprint density at radius 3 is 2.04 bits per heavy atom. The second kappa shape index (κ2) is 16.8. The molecule has 0 saturated carbocycles. The largest absolute Gasteiger partial charge is 0.494 e. The normalized spacial score (nSPS) is 14.5. The Morgan fingerprint density at radius 2 is 1.46 bits per heavy atom. The van der Waals surface area contributed by atoms with Gasteiger partial charge in [0.15, 0.2) is 11.5 Å². The number of hydrogen-bond donors (Lipinski definition) is 0. The summed E-state index contributed by atoms with van der Waals surface area (Å²) in [4.78, 5) is 13.9. The molecule has 48 heavy (non-hydrogen) atoms. The Labute approximate surface area is 282 Å². The van der Waals surface area contributed by atoms with Crippen molar-refractivity contribution in [3.63, 3.8) is 0 Å². The standard InChI is InChI=1S/C39H44N2O7/c1-5-34(29-10-7-6-8-11-29)39(30-12-16-32(17-13-30)47-23-9-20-40-21-24-46-25-22-40)31-14-18-33(19-15-31)48-28(2)35-26-37(44-3)38(45-4)27-36(35)41(42)43/h6-8,10-19,26-28H,5,9,20-25H2,1-4H3/b39-34+. The summed E-state index contributed by atoms with van der Waals surface area (Å²) in [5, 5.41) is 11.9. The molecular formula is C39H44N2O7. The van der Waals surface area contributed by atoms with Crippen LogP contribution in [0, 0.1) is 10.1 Å². The molecule has 0 radical (unpaired) electrons. The number of nitro groups is 1. The lowest BCUT2D eigenvalue weighted by Crippen LogP contribution is -2.37. The van der Waals surface area contributed by atoms with Gasteiger partial charge in [-0.3, -0.25) is 15.0 Å². The summed E-state index contributed by atoms with van der Waals surface area (Å²) in [6.45, 7) is 9.20. The van der Waals surface area contributed by atoms with Crippen molar-refractivity contribution in [2.24, 2.45) is 0 Å². The highest BCUT2D eigenvalue weighted by Crippen LogP contribution is 2.40. The molecule has 0 N–H and O–H groups in total. The number of methoxy groups -OCH3 is 2. The van der Waals surface area contributed by atoms with Gasteiger partial charge >= 0.3 is 0 Å². The van der Waals surface area contributed by atoms with Crippen molar-refractivity contribution in [3.8, 4) is 23.0 Å². The van der Waals surface area contributed by atoms with Crippen LogP contribution < -0.4 is 18.9 Å². The number of morpholine rings is 1. The molecule has 1 aliphatic heterocycles. The van der Waals surface area contributed by atoms with Crippen molar-refractivity contribution >= 4 is 16.8 Å². The summed E-state index contributed by atoms with van der Waals surface area (Å²) >= 11 is 0. The van der Waals surface area contributed by atoms with E-state index in [1.54, 1.807) is 13.0 Å². The lowest BCUT2D eigenvalue weighted by Gasteiger charge is -2.26. The van der Waals surface area contributed by atoms with Crippen molar-refractivity contribution in [2.75, 3.05) is 53.7 Å². The maximum atomic E-state index is 11.9. The van der Waals surface area contributed by atoms with E-state index in [2.05, 4.69) is 48.2 Å². The molecule has 9 nitrogen and oxygen atoms in total. The maximum Gasteiger partial charge on any atom is 0.280 e. The Bertz CT molecular complexity index is 1670. The van der Waals surface area contributed by atoms with Crippen LogP contribution in [-0.2, 0) is 4.74 Å². The first-order valence-electron chi connectivity index (χ1n) is 16.4. The van der Waals surface area contributed by atoms with Crippen LogP contribution in [0.25, 0.3) is 11.1 Å². The summed E-state index contributed by atoms with van der Waals surface area (Å²) in [6, 6.07) is 29.6. The summed E-state index contributed by atoms with van der Waals surface area (Å²) in [5.41, 5.74) is 5.92. The second-order valence-corrected chi connectivity index (χ2v) is 11.6. The minimum atomic E-state index is -0.622. The predicted octanol–water partition coefficient (Wildman–Crippen LogP) is 8.22. The highest BCUT2D eigenvalue weighted by atomic mass is 16.6. The number of nitrogens with zero attached hydrogens (tertiary/aromatic N) is 2. The van der Waals surface area contributed by atoms with Crippen molar-refractivity contribution in [1.29, 1.82) is 0 Å². The molecule has 0 bridgehead atoms. The van der Waals surface area contributed by atoms with E-state index < -0.39 is 11.0 Å². The van der Waals surface area contributed by atoms with Crippen molar-refractivity contribution < 1.29 is 28.6 Å².